The monoisotopic (exact) mass is 231 g/mol. The van der Waals surface area contributed by atoms with Gasteiger partial charge in [-0.15, -0.1) is 0 Å². The number of carbonyl (C=O) groups is 1. The zero-order valence-electron chi connectivity index (χ0n) is 9.73. The first-order chi connectivity index (χ1) is 8.21. The normalized spacial score (nSPS) is 29.2. The maximum atomic E-state index is 12.2. The van der Waals surface area contributed by atoms with E-state index < -0.39 is 0 Å². The Hall–Kier alpha value is -1.35. The average molecular weight is 231 g/mol. The van der Waals surface area contributed by atoms with E-state index in [0.29, 0.717) is 12.8 Å². The van der Waals surface area contributed by atoms with E-state index in [1.54, 1.807) is 0 Å². The van der Waals surface area contributed by atoms with Gasteiger partial charge >= 0.3 is 0 Å². The van der Waals surface area contributed by atoms with Crippen molar-refractivity contribution in [1.29, 1.82) is 0 Å². The van der Waals surface area contributed by atoms with Gasteiger partial charge in [0.1, 0.15) is 0 Å². The first kappa shape index (κ1) is 10.8. The number of hydrogen-bond acceptors (Lipinski definition) is 2. The third kappa shape index (κ3) is 1.84. The van der Waals surface area contributed by atoms with Gasteiger partial charge in [0.2, 0.25) is 5.91 Å². The Morgan fingerprint density at radius 3 is 2.41 bits per heavy atom. The van der Waals surface area contributed by atoms with Crippen LogP contribution in [0.15, 0.2) is 30.3 Å². The van der Waals surface area contributed by atoms with Gasteiger partial charge in [0.25, 0.3) is 0 Å². The molecule has 1 amide bonds. The Morgan fingerprint density at radius 1 is 1.24 bits per heavy atom. The molecule has 3 rings (SSSR count). The van der Waals surface area contributed by atoms with Crippen molar-refractivity contribution in [2.24, 2.45) is 0 Å². The molecule has 0 spiro atoms. The van der Waals surface area contributed by atoms with E-state index in [1.807, 2.05) is 30.3 Å². The second-order valence-corrected chi connectivity index (χ2v) is 5.24. The smallest absolute Gasteiger partial charge is 0.230 e. The summed E-state index contributed by atoms with van der Waals surface area (Å²) in [6.07, 6.45) is 3.08. The molecule has 2 saturated carbocycles. The Labute approximate surface area is 101 Å². The molecule has 0 heterocycles. The van der Waals surface area contributed by atoms with Gasteiger partial charge in [-0.05, 0) is 31.2 Å². The molecule has 1 aromatic rings. The van der Waals surface area contributed by atoms with Crippen molar-refractivity contribution in [3.8, 4) is 0 Å². The van der Waals surface area contributed by atoms with Crippen LogP contribution in [-0.4, -0.2) is 23.2 Å². The quantitative estimate of drug-likeness (QED) is 0.825. The molecule has 2 aliphatic carbocycles. The Kier molecular flexibility index (Phi) is 2.44. The number of hydrogen-bond donors (Lipinski definition) is 2. The molecule has 0 bridgehead atoms. The fraction of sp³-hybridized carbons (Fsp3) is 0.500. The standard InChI is InChI=1S/C14H17NO2/c16-12-8-11(9-12)15-13(17)14(6-7-14)10-4-2-1-3-5-10/h1-5,11-12,16H,6-9H2,(H,15,17). The number of aliphatic hydroxyl groups is 1. The second-order valence-electron chi connectivity index (χ2n) is 5.24. The van der Waals surface area contributed by atoms with Gasteiger partial charge in [-0.2, -0.15) is 0 Å². The van der Waals surface area contributed by atoms with Gasteiger partial charge in [0.15, 0.2) is 0 Å². The summed E-state index contributed by atoms with van der Waals surface area (Å²) in [5.41, 5.74) is 0.847. The van der Waals surface area contributed by atoms with E-state index in [-0.39, 0.29) is 23.5 Å². The fourth-order valence-electron chi connectivity index (χ4n) is 2.56. The van der Waals surface area contributed by atoms with Crippen molar-refractivity contribution >= 4 is 5.91 Å². The highest BCUT2D eigenvalue weighted by molar-refractivity contribution is 5.91. The van der Waals surface area contributed by atoms with Crippen LogP contribution < -0.4 is 5.32 Å². The van der Waals surface area contributed by atoms with E-state index in [9.17, 15) is 9.90 Å². The molecule has 0 saturated heterocycles. The largest absolute Gasteiger partial charge is 0.393 e. The number of rotatable bonds is 3. The summed E-state index contributed by atoms with van der Waals surface area (Å²) in [6.45, 7) is 0. The fourth-order valence-corrected chi connectivity index (χ4v) is 2.56. The molecule has 0 atom stereocenters. The molecule has 0 radical (unpaired) electrons. The van der Waals surface area contributed by atoms with Gasteiger partial charge in [-0.3, -0.25) is 4.79 Å². The van der Waals surface area contributed by atoms with E-state index in [0.717, 1.165) is 18.4 Å². The highest BCUT2D eigenvalue weighted by atomic mass is 16.3. The lowest BCUT2D eigenvalue weighted by molar-refractivity contribution is -0.125. The number of carbonyl (C=O) groups excluding carboxylic acids is 1. The predicted octanol–water partition coefficient (Wildman–Crippen LogP) is 1.36. The molecule has 0 aliphatic heterocycles. The Balaban J connectivity index is 1.69. The number of benzene rings is 1. The van der Waals surface area contributed by atoms with Crippen LogP contribution in [0.2, 0.25) is 0 Å². The SMILES string of the molecule is O=C(NC1CC(O)C1)C1(c2ccccc2)CC1. The lowest BCUT2D eigenvalue weighted by atomic mass is 9.87. The molecule has 0 unspecified atom stereocenters. The van der Waals surface area contributed by atoms with Crippen LogP contribution in [0.1, 0.15) is 31.2 Å². The zero-order valence-corrected chi connectivity index (χ0v) is 9.73. The third-order valence-corrected chi connectivity index (χ3v) is 3.96. The van der Waals surface area contributed by atoms with Crippen molar-refractivity contribution in [2.45, 2.75) is 43.2 Å². The van der Waals surface area contributed by atoms with Crippen molar-refractivity contribution in [3.63, 3.8) is 0 Å². The molecule has 2 aliphatic rings. The van der Waals surface area contributed by atoms with Crippen molar-refractivity contribution < 1.29 is 9.90 Å². The molecule has 17 heavy (non-hydrogen) atoms. The molecule has 3 heteroatoms. The topological polar surface area (TPSA) is 49.3 Å². The second kappa shape index (κ2) is 3.84. The van der Waals surface area contributed by atoms with Gasteiger partial charge in [-0.25, -0.2) is 0 Å². The van der Waals surface area contributed by atoms with Crippen LogP contribution in [0.5, 0.6) is 0 Å². The van der Waals surface area contributed by atoms with Gasteiger partial charge in [0, 0.05) is 6.04 Å². The van der Waals surface area contributed by atoms with E-state index in [4.69, 9.17) is 0 Å². The van der Waals surface area contributed by atoms with Crippen molar-refractivity contribution in [1.82, 2.24) is 5.32 Å². The number of aliphatic hydroxyl groups excluding tert-OH is 1. The van der Waals surface area contributed by atoms with Crippen molar-refractivity contribution in [3.05, 3.63) is 35.9 Å². The molecule has 90 valence electrons. The summed E-state index contributed by atoms with van der Waals surface area (Å²) >= 11 is 0. The predicted molar refractivity (Wildman–Crippen MR) is 64.5 cm³/mol. The van der Waals surface area contributed by atoms with E-state index >= 15 is 0 Å². The first-order valence-corrected chi connectivity index (χ1v) is 6.25. The van der Waals surface area contributed by atoms with Crippen LogP contribution >= 0.6 is 0 Å². The summed E-state index contributed by atoms with van der Waals surface area (Å²) in [5, 5.41) is 12.3. The Bertz CT molecular complexity index is 419. The maximum absolute atomic E-state index is 12.2. The molecule has 2 fully saturated rings. The lowest BCUT2D eigenvalue weighted by Crippen LogP contribution is -2.49. The molecule has 0 aromatic heterocycles. The molecule has 1 aromatic carbocycles. The maximum Gasteiger partial charge on any atom is 0.230 e. The summed E-state index contributed by atoms with van der Waals surface area (Å²) in [4.78, 5) is 12.2. The summed E-state index contributed by atoms with van der Waals surface area (Å²) in [5.74, 6) is 0.139. The summed E-state index contributed by atoms with van der Waals surface area (Å²) < 4.78 is 0. The molecular formula is C14H17NO2. The molecule has 3 nitrogen and oxygen atoms in total. The summed E-state index contributed by atoms with van der Waals surface area (Å²) in [7, 11) is 0. The Morgan fingerprint density at radius 2 is 1.88 bits per heavy atom. The van der Waals surface area contributed by atoms with Gasteiger partial charge < -0.3 is 10.4 Å². The minimum absolute atomic E-state index is 0.139. The van der Waals surface area contributed by atoms with E-state index in [1.165, 1.54) is 0 Å². The van der Waals surface area contributed by atoms with Crippen LogP contribution in [0.4, 0.5) is 0 Å². The first-order valence-electron chi connectivity index (χ1n) is 6.25. The minimum atomic E-state index is -0.276. The average Bonchev–Trinajstić information content (AvgIpc) is 3.09. The zero-order chi connectivity index (χ0) is 11.9. The minimum Gasteiger partial charge on any atom is -0.393 e. The third-order valence-electron chi connectivity index (χ3n) is 3.96. The number of nitrogens with one attached hydrogen (secondary N) is 1. The van der Waals surface area contributed by atoms with Gasteiger partial charge in [0.05, 0.1) is 11.5 Å². The summed E-state index contributed by atoms with van der Waals surface area (Å²) in [6, 6.07) is 10.2. The highest BCUT2D eigenvalue weighted by Gasteiger charge is 2.51. The van der Waals surface area contributed by atoms with Crippen LogP contribution in [-0.2, 0) is 10.2 Å². The molecular weight excluding hydrogens is 214 g/mol. The van der Waals surface area contributed by atoms with Crippen LogP contribution in [0.3, 0.4) is 0 Å². The van der Waals surface area contributed by atoms with Gasteiger partial charge in [-0.1, -0.05) is 30.3 Å². The highest BCUT2D eigenvalue weighted by Crippen LogP contribution is 2.48. The van der Waals surface area contributed by atoms with E-state index in [2.05, 4.69) is 5.32 Å². The van der Waals surface area contributed by atoms with Crippen molar-refractivity contribution in [2.75, 3.05) is 0 Å². The molecule has 2 N–H and O–H groups in total. The van der Waals surface area contributed by atoms with Crippen LogP contribution in [0, 0.1) is 0 Å². The van der Waals surface area contributed by atoms with Crippen LogP contribution in [0.25, 0.3) is 0 Å². The number of amides is 1. The lowest BCUT2D eigenvalue weighted by Gasteiger charge is -2.33.